The van der Waals surface area contributed by atoms with Gasteiger partial charge in [-0.2, -0.15) is 0 Å². The Morgan fingerprint density at radius 3 is 3.22 bits per heavy atom. The van der Waals surface area contributed by atoms with Crippen LogP contribution in [-0.2, 0) is 9.53 Å². The SMILES string of the molecule is CNC(=O)CN1CCO[C@H](c2cccc(N)n2)C1. The smallest absolute Gasteiger partial charge is 0.233 e. The van der Waals surface area contributed by atoms with Crippen LogP contribution >= 0.6 is 0 Å². The maximum Gasteiger partial charge on any atom is 0.233 e. The van der Waals surface area contributed by atoms with Crippen molar-refractivity contribution in [2.24, 2.45) is 0 Å². The molecule has 2 rings (SSSR count). The van der Waals surface area contributed by atoms with Gasteiger partial charge in [0.15, 0.2) is 0 Å². The lowest BCUT2D eigenvalue weighted by molar-refractivity contribution is -0.123. The largest absolute Gasteiger partial charge is 0.384 e. The normalized spacial score (nSPS) is 20.6. The summed E-state index contributed by atoms with van der Waals surface area (Å²) in [6.07, 6.45) is -0.119. The van der Waals surface area contributed by atoms with Crippen molar-refractivity contribution in [2.75, 3.05) is 39.0 Å². The number of anilines is 1. The molecule has 3 N–H and O–H groups in total. The Balaban J connectivity index is 2.00. The van der Waals surface area contributed by atoms with Crippen molar-refractivity contribution in [2.45, 2.75) is 6.10 Å². The molecule has 0 unspecified atom stereocenters. The van der Waals surface area contributed by atoms with Crippen LogP contribution in [0.15, 0.2) is 18.2 Å². The third kappa shape index (κ3) is 3.18. The third-order valence-corrected chi connectivity index (χ3v) is 2.92. The molecule has 6 nitrogen and oxygen atoms in total. The fraction of sp³-hybridized carbons (Fsp3) is 0.500. The molecule has 0 aromatic carbocycles. The van der Waals surface area contributed by atoms with E-state index in [9.17, 15) is 4.79 Å². The monoisotopic (exact) mass is 250 g/mol. The molecule has 0 saturated carbocycles. The maximum absolute atomic E-state index is 11.3. The zero-order chi connectivity index (χ0) is 13.0. The molecule has 98 valence electrons. The van der Waals surface area contributed by atoms with E-state index < -0.39 is 0 Å². The summed E-state index contributed by atoms with van der Waals surface area (Å²) in [5, 5.41) is 2.62. The molecule has 0 bridgehead atoms. The van der Waals surface area contributed by atoms with Gasteiger partial charge >= 0.3 is 0 Å². The molecule has 1 amide bonds. The minimum Gasteiger partial charge on any atom is -0.384 e. The Bertz CT molecular complexity index is 424. The molecule has 18 heavy (non-hydrogen) atoms. The fourth-order valence-electron chi connectivity index (χ4n) is 1.96. The van der Waals surface area contributed by atoms with E-state index in [-0.39, 0.29) is 12.0 Å². The third-order valence-electron chi connectivity index (χ3n) is 2.92. The topological polar surface area (TPSA) is 80.5 Å². The van der Waals surface area contributed by atoms with Crippen molar-refractivity contribution >= 4 is 11.7 Å². The Labute approximate surface area is 106 Å². The van der Waals surface area contributed by atoms with Gasteiger partial charge in [-0.05, 0) is 12.1 Å². The van der Waals surface area contributed by atoms with E-state index >= 15 is 0 Å². The predicted molar refractivity (Wildman–Crippen MR) is 67.8 cm³/mol. The first kappa shape index (κ1) is 12.8. The number of aromatic nitrogens is 1. The lowest BCUT2D eigenvalue weighted by Gasteiger charge is -2.32. The molecule has 1 atom stereocenters. The Hall–Kier alpha value is -1.66. The number of ether oxygens (including phenoxy) is 1. The Morgan fingerprint density at radius 1 is 1.67 bits per heavy atom. The van der Waals surface area contributed by atoms with Crippen molar-refractivity contribution in [3.05, 3.63) is 23.9 Å². The number of carbonyl (C=O) groups excluding carboxylic acids is 1. The van der Waals surface area contributed by atoms with Crippen LogP contribution in [0.2, 0.25) is 0 Å². The molecule has 0 radical (unpaired) electrons. The van der Waals surface area contributed by atoms with Gasteiger partial charge in [-0.15, -0.1) is 0 Å². The minimum absolute atomic E-state index is 0.0104. The molecule has 2 heterocycles. The van der Waals surface area contributed by atoms with Crippen LogP contribution in [0, 0.1) is 0 Å². The highest BCUT2D eigenvalue weighted by Crippen LogP contribution is 2.20. The van der Waals surface area contributed by atoms with Crippen LogP contribution in [0.3, 0.4) is 0 Å². The number of nitrogens with one attached hydrogen (secondary N) is 1. The minimum atomic E-state index is -0.119. The molecule has 1 aliphatic heterocycles. The van der Waals surface area contributed by atoms with Crippen molar-refractivity contribution in [1.29, 1.82) is 0 Å². The number of nitrogen functional groups attached to an aromatic ring is 1. The first-order valence-electron chi connectivity index (χ1n) is 5.96. The summed E-state index contributed by atoms with van der Waals surface area (Å²) in [6, 6.07) is 5.50. The van der Waals surface area contributed by atoms with E-state index in [0.717, 1.165) is 12.2 Å². The van der Waals surface area contributed by atoms with E-state index in [0.29, 0.717) is 25.5 Å². The molecular formula is C12H18N4O2. The van der Waals surface area contributed by atoms with E-state index in [1.165, 1.54) is 0 Å². The number of hydrogen-bond acceptors (Lipinski definition) is 5. The zero-order valence-corrected chi connectivity index (χ0v) is 10.4. The van der Waals surface area contributed by atoms with Gasteiger partial charge in [0.25, 0.3) is 0 Å². The quantitative estimate of drug-likeness (QED) is 0.775. The predicted octanol–water partition coefficient (Wildman–Crippen LogP) is -0.217. The number of likely N-dealkylation sites (N-methyl/N-ethyl adjacent to an activating group) is 1. The van der Waals surface area contributed by atoms with Crippen molar-refractivity contribution in [3.8, 4) is 0 Å². The van der Waals surface area contributed by atoms with Crippen LogP contribution in [-0.4, -0.2) is 49.1 Å². The van der Waals surface area contributed by atoms with Crippen LogP contribution in [0.1, 0.15) is 11.8 Å². The highest BCUT2D eigenvalue weighted by atomic mass is 16.5. The number of amides is 1. The van der Waals surface area contributed by atoms with Crippen molar-refractivity contribution in [3.63, 3.8) is 0 Å². The molecular weight excluding hydrogens is 232 g/mol. The average molecular weight is 250 g/mol. The fourth-order valence-corrected chi connectivity index (χ4v) is 1.96. The summed E-state index contributed by atoms with van der Waals surface area (Å²) in [5.74, 6) is 0.496. The van der Waals surface area contributed by atoms with Gasteiger partial charge in [0.1, 0.15) is 11.9 Å². The molecule has 6 heteroatoms. The molecule has 0 spiro atoms. The number of morpholine rings is 1. The van der Waals surface area contributed by atoms with E-state index in [2.05, 4.69) is 15.2 Å². The molecule has 1 aliphatic rings. The van der Waals surface area contributed by atoms with Gasteiger partial charge in [-0.25, -0.2) is 4.98 Å². The first-order valence-corrected chi connectivity index (χ1v) is 5.96. The number of carbonyl (C=O) groups is 1. The Kier molecular flexibility index (Phi) is 4.11. The van der Waals surface area contributed by atoms with Crippen LogP contribution in [0.5, 0.6) is 0 Å². The van der Waals surface area contributed by atoms with Gasteiger partial charge in [-0.1, -0.05) is 6.07 Å². The summed E-state index contributed by atoms with van der Waals surface area (Å²) in [7, 11) is 1.64. The summed E-state index contributed by atoms with van der Waals surface area (Å²) in [6.45, 7) is 2.40. The lowest BCUT2D eigenvalue weighted by atomic mass is 10.2. The highest BCUT2D eigenvalue weighted by molar-refractivity contribution is 5.77. The number of nitrogens with zero attached hydrogens (tertiary/aromatic N) is 2. The zero-order valence-electron chi connectivity index (χ0n) is 10.4. The van der Waals surface area contributed by atoms with Crippen molar-refractivity contribution < 1.29 is 9.53 Å². The molecule has 1 aromatic heterocycles. The van der Waals surface area contributed by atoms with Gasteiger partial charge in [0.2, 0.25) is 5.91 Å². The first-order chi connectivity index (χ1) is 8.69. The number of hydrogen-bond donors (Lipinski definition) is 2. The average Bonchev–Trinajstić information content (AvgIpc) is 2.39. The molecule has 1 fully saturated rings. The number of pyridine rings is 1. The standard InChI is InChI=1S/C12H18N4O2/c1-14-12(17)8-16-5-6-18-10(7-16)9-3-2-4-11(13)15-9/h2-4,10H,5-8H2,1H3,(H2,13,15)(H,14,17)/t10-/m0/s1. The number of rotatable bonds is 3. The summed E-state index contributed by atoms with van der Waals surface area (Å²) >= 11 is 0. The molecule has 1 saturated heterocycles. The van der Waals surface area contributed by atoms with Gasteiger partial charge in [0.05, 0.1) is 18.8 Å². The maximum atomic E-state index is 11.3. The lowest BCUT2D eigenvalue weighted by Crippen LogP contribution is -2.43. The second kappa shape index (κ2) is 5.79. The molecule has 0 aliphatic carbocycles. The van der Waals surface area contributed by atoms with E-state index in [1.807, 2.05) is 12.1 Å². The van der Waals surface area contributed by atoms with Crippen LogP contribution in [0.25, 0.3) is 0 Å². The van der Waals surface area contributed by atoms with Crippen LogP contribution < -0.4 is 11.1 Å². The van der Waals surface area contributed by atoms with E-state index in [1.54, 1.807) is 13.1 Å². The van der Waals surface area contributed by atoms with E-state index in [4.69, 9.17) is 10.5 Å². The van der Waals surface area contributed by atoms with Gasteiger partial charge in [-0.3, -0.25) is 9.69 Å². The van der Waals surface area contributed by atoms with Gasteiger partial charge < -0.3 is 15.8 Å². The Morgan fingerprint density at radius 2 is 2.50 bits per heavy atom. The second-order valence-electron chi connectivity index (χ2n) is 4.26. The second-order valence-corrected chi connectivity index (χ2v) is 4.26. The summed E-state index contributed by atoms with van der Waals surface area (Å²) < 4.78 is 5.67. The van der Waals surface area contributed by atoms with Crippen molar-refractivity contribution in [1.82, 2.24) is 15.2 Å². The molecule has 1 aromatic rings. The summed E-state index contributed by atoms with van der Waals surface area (Å²) in [4.78, 5) is 17.7. The number of nitrogens with two attached hydrogens (primary N) is 1. The van der Waals surface area contributed by atoms with Crippen LogP contribution in [0.4, 0.5) is 5.82 Å². The van der Waals surface area contributed by atoms with Gasteiger partial charge in [0, 0.05) is 20.1 Å². The highest BCUT2D eigenvalue weighted by Gasteiger charge is 2.24. The summed E-state index contributed by atoms with van der Waals surface area (Å²) in [5.41, 5.74) is 6.47.